The molecule has 0 radical (unpaired) electrons. The van der Waals surface area contributed by atoms with Crippen LogP contribution in [0.1, 0.15) is 17.5 Å². The van der Waals surface area contributed by atoms with Gasteiger partial charge in [0.2, 0.25) is 0 Å². The Bertz CT molecular complexity index is 1050. The molecule has 4 aromatic rings. The Morgan fingerprint density at radius 1 is 0.633 bits per heavy atom. The predicted octanol–water partition coefficient (Wildman–Crippen LogP) is 6.79. The number of aryl methyl sites for hydroxylation is 2. The molecule has 4 rings (SSSR count). The highest BCUT2D eigenvalue weighted by Crippen LogP contribution is 2.39. The summed E-state index contributed by atoms with van der Waals surface area (Å²) in [4.78, 5) is 5.27. The lowest BCUT2D eigenvalue weighted by atomic mass is 10.1. The molecule has 148 valence electrons. The van der Waals surface area contributed by atoms with Gasteiger partial charge in [0.15, 0.2) is 0 Å². The normalized spacial score (nSPS) is 11.6. The zero-order chi connectivity index (χ0) is 20.6. The molecular formula is C28H26NP. The lowest BCUT2D eigenvalue weighted by Gasteiger charge is -2.22. The summed E-state index contributed by atoms with van der Waals surface area (Å²) >= 11 is 0. The van der Waals surface area contributed by atoms with Crippen molar-refractivity contribution in [3.8, 4) is 0 Å². The van der Waals surface area contributed by atoms with E-state index in [9.17, 15) is 0 Å². The largest absolute Gasteiger partial charge is 0.252 e. The van der Waals surface area contributed by atoms with E-state index in [4.69, 9.17) is 4.99 Å². The summed E-state index contributed by atoms with van der Waals surface area (Å²) in [5, 5.41) is 2.69. The van der Waals surface area contributed by atoms with Crippen LogP contribution in [0.25, 0.3) is 0 Å². The Hall–Kier alpha value is -3.02. The van der Waals surface area contributed by atoms with Crippen LogP contribution < -0.4 is 10.6 Å². The summed E-state index contributed by atoms with van der Waals surface area (Å²) in [7, 11) is -0.697. The van der Waals surface area contributed by atoms with Crippen molar-refractivity contribution >= 4 is 29.7 Å². The first-order chi connectivity index (χ1) is 14.8. The van der Waals surface area contributed by atoms with E-state index in [-0.39, 0.29) is 0 Å². The summed E-state index contributed by atoms with van der Waals surface area (Å²) in [6, 6.07) is 40.8. The second kappa shape index (κ2) is 10.1. The number of benzene rings is 4. The van der Waals surface area contributed by atoms with Gasteiger partial charge in [-0.25, -0.2) is 0 Å². The molecule has 0 saturated carbocycles. The maximum Gasteiger partial charge on any atom is 0.0662 e. The molecule has 1 nitrogen and oxygen atoms in total. The minimum absolute atomic E-state index is 0.697. The Kier molecular flexibility index (Phi) is 6.85. The monoisotopic (exact) mass is 407 g/mol. The standard InChI is InChI=1S/C28H26NP/c1-23-13-11-12-20-27(23)29-28(22-21-24-14-5-2-6-15-24)30(25-16-7-3-8-17-25)26-18-9-4-10-19-26/h2-20H,21-22H2,1H3. The second-order valence-electron chi connectivity index (χ2n) is 7.31. The summed E-state index contributed by atoms with van der Waals surface area (Å²) in [5.41, 5.74) is 4.90. The fraction of sp³-hybridized carbons (Fsp3) is 0.107. The first-order valence-electron chi connectivity index (χ1n) is 10.4. The van der Waals surface area contributed by atoms with Gasteiger partial charge in [-0.15, -0.1) is 0 Å². The average molecular weight is 407 g/mol. The minimum Gasteiger partial charge on any atom is -0.252 e. The van der Waals surface area contributed by atoms with Crippen molar-refractivity contribution in [3.63, 3.8) is 0 Å². The van der Waals surface area contributed by atoms with Crippen molar-refractivity contribution in [1.82, 2.24) is 0 Å². The summed E-state index contributed by atoms with van der Waals surface area (Å²) < 4.78 is 0. The molecule has 0 aliphatic heterocycles. The van der Waals surface area contributed by atoms with Gasteiger partial charge in [0.25, 0.3) is 0 Å². The van der Waals surface area contributed by atoms with Gasteiger partial charge in [-0.3, -0.25) is 4.99 Å². The highest BCUT2D eigenvalue weighted by molar-refractivity contribution is 7.88. The highest BCUT2D eigenvalue weighted by Gasteiger charge is 2.20. The van der Waals surface area contributed by atoms with Gasteiger partial charge in [-0.2, -0.15) is 0 Å². The van der Waals surface area contributed by atoms with Crippen molar-refractivity contribution in [2.24, 2.45) is 4.99 Å². The minimum atomic E-state index is -0.697. The van der Waals surface area contributed by atoms with Crippen LogP contribution in [0, 0.1) is 6.92 Å². The van der Waals surface area contributed by atoms with Crippen LogP contribution in [0.5, 0.6) is 0 Å². The van der Waals surface area contributed by atoms with E-state index >= 15 is 0 Å². The first kappa shape index (κ1) is 20.3. The zero-order valence-electron chi connectivity index (χ0n) is 17.3. The lowest BCUT2D eigenvalue weighted by molar-refractivity contribution is 1.05. The fourth-order valence-corrected chi connectivity index (χ4v) is 5.93. The van der Waals surface area contributed by atoms with E-state index in [1.54, 1.807) is 0 Å². The van der Waals surface area contributed by atoms with Crippen molar-refractivity contribution in [1.29, 1.82) is 0 Å². The van der Waals surface area contributed by atoms with E-state index in [2.05, 4.69) is 122 Å². The Labute approximate surface area is 180 Å². The molecule has 0 aliphatic carbocycles. The number of rotatable bonds is 7. The zero-order valence-corrected chi connectivity index (χ0v) is 18.2. The molecule has 0 fully saturated rings. The summed E-state index contributed by atoms with van der Waals surface area (Å²) in [6.07, 6.45) is 1.93. The molecule has 0 amide bonds. The molecule has 0 N–H and O–H groups in total. The highest BCUT2D eigenvalue weighted by atomic mass is 31.1. The van der Waals surface area contributed by atoms with Gasteiger partial charge in [-0.05, 0) is 47.6 Å². The van der Waals surface area contributed by atoms with E-state index < -0.39 is 7.92 Å². The van der Waals surface area contributed by atoms with Crippen molar-refractivity contribution in [3.05, 3.63) is 126 Å². The molecule has 30 heavy (non-hydrogen) atoms. The molecule has 0 spiro atoms. The van der Waals surface area contributed by atoms with Crippen LogP contribution in [0.15, 0.2) is 120 Å². The molecule has 2 heteroatoms. The number of para-hydroxylation sites is 1. The lowest BCUT2D eigenvalue weighted by Crippen LogP contribution is -2.18. The smallest absolute Gasteiger partial charge is 0.0662 e. The van der Waals surface area contributed by atoms with Crippen LogP contribution >= 0.6 is 7.92 Å². The quantitative estimate of drug-likeness (QED) is 0.236. The van der Waals surface area contributed by atoms with Gasteiger partial charge < -0.3 is 0 Å². The van der Waals surface area contributed by atoms with Gasteiger partial charge in [0.1, 0.15) is 0 Å². The second-order valence-corrected chi connectivity index (χ2v) is 9.53. The Morgan fingerprint density at radius 2 is 1.13 bits per heavy atom. The molecule has 0 bridgehead atoms. The molecule has 0 saturated heterocycles. The predicted molar refractivity (Wildman–Crippen MR) is 132 cm³/mol. The molecule has 4 aromatic carbocycles. The van der Waals surface area contributed by atoms with Crippen LogP contribution in [0.3, 0.4) is 0 Å². The van der Waals surface area contributed by atoms with E-state index in [0.717, 1.165) is 18.5 Å². The van der Waals surface area contributed by atoms with E-state index in [1.807, 2.05) is 0 Å². The van der Waals surface area contributed by atoms with Crippen LogP contribution in [-0.4, -0.2) is 5.45 Å². The van der Waals surface area contributed by atoms with Crippen LogP contribution in [0.4, 0.5) is 5.69 Å². The SMILES string of the molecule is Cc1ccccc1N=C(CCc1ccccc1)P(c1ccccc1)c1ccccc1. The molecule has 0 heterocycles. The molecular weight excluding hydrogens is 381 g/mol. The molecule has 0 atom stereocenters. The van der Waals surface area contributed by atoms with Crippen LogP contribution in [-0.2, 0) is 6.42 Å². The number of aliphatic imine (C=N–C) groups is 1. The topological polar surface area (TPSA) is 12.4 Å². The van der Waals surface area contributed by atoms with Crippen molar-refractivity contribution < 1.29 is 0 Å². The summed E-state index contributed by atoms with van der Waals surface area (Å²) in [6.45, 7) is 2.14. The maximum atomic E-state index is 5.27. The molecule has 0 aromatic heterocycles. The van der Waals surface area contributed by atoms with Crippen LogP contribution in [0.2, 0.25) is 0 Å². The first-order valence-corrected chi connectivity index (χ1v) is 11.7. The van der Waals surface area contributed by atoms with Gasteiger partial charge in [0.05, 0.1) is 11.1 Å². The Morgan fingerprint density at radius 3 is 1.70 bits per heavy atom. The maximum absolute atomic E-state index is 5.27. The summed E-state index contributed by atoms with van der Waals surface area (Å²) in [5.74, 6) is 0. The van der Waals surface area contributed by atoms with Crippen molar-refractivity contribution in [2.75, 3.05) is 0 Å². The van der Waals surface area contributed by atoms with Gasteiger partial charge in [-0.1, -0.05) is 109 Å². The third kappa shape index (κ3) is 5.12. The fourth-order valence-electron chi connectivity index (χ4n) is 3.55. The number of hydrogen-bond acceptors (Lipinski definition) is 1. The third-order valence-electron chi connectivity index (χ3n) is 5.13. The number of hydrogen-bond donors (Lipinski definition) is 0. The van der Waals surface area contributed by atoms with E-state index in [0.29, 0.717) is 0 Å². The molecule has 0 unspecified atom stereocenters. The van der Waals surface area contributed by atoms with Crippen molar-refractivity contribution in [2.45, 2.75) is 19.8 Å². The van der Waals surface area contributed by atoms with Gasteiger partial charge >= 0.3 is 0 Å². The average Bonchev–Trinajstić information content (AvgIpc) is 2.81. The van der Waals surface area contributed by atoms with Gasteiger partial charge in [0, 0.05) is 7.92 Å². The number of nitrogens with zero attached hydrogens (tertiary/aromatic N) is 1. The Balaban J connectivity index is 1.79. The third-order valence-corrected chi connectivity index (χ3v) is 7.60. The van der Waals surface area contributed by atoms with E-state index in [1.165, 1.54) is 27.2 Å². The molecule has 0 aliphatic rings.